The third-order valence-electron chi connectivity index (χ3n) is 2.55. The van der Waals surface area contributed by atoms with E-state index in [0.29, 0.717) is 5.82 Å². The van der Waals surface area contributed by atoms with Crippen LogP contribution in [-0.2, 0) is 6.42 Å². The van der Waals surface area contributed by atoms with Crippen molar-refractivity contribution >= 4 is 11.8 Å². The molecule has 1 heterocycles. The molecule has 0 saturated carbocycles. The third kappa shape index (κ3) is 2.72. The standard InChI is InChI=1S/C13H16N4/c1-2-3-9-4-6-10(7-5-9)11-8-12(14)17-13(15)16-11/h4-8H,2-3H2,1H3,(H4,14,15,16,17). The molecule has 4 N–H and O–H groups in total. The van der Waals surface area contributed by atoms with Gasteiger partial charge >= 0.3 is 0 Å². The number of benzene rings is 1. The van der Waals surface area contributed by atoms with Crippen LogP contribution in [0.2, 0.25) is 0 Å². The van der Waals surface area contributed by atoms with Crippen LogP contribution >= 0.6 is 0 Å². The second kappa shape index (κ2) is 4.82. The van der Waals surface area contributed by atoms with Crippen LogP contribution in [0, 0.1) is 0 Å². The van der Waals surface area contributed by atoms with E-state index in [2.05, 4.69) is 29.0 Å². The van der Waals surface area contributed by atoms with E-state index in [1.54, 1.807) is 6.07 Å². The Bertz CT molecular complexity index is 485. The van der Waals surface area contributed by atoms with Crippen LogP contribution in [0.1, 0.15) is 18.9 Å². The summed E-state index contributed by atoms with van der Waals surface area (Å²) in [4.78, 5) is 8.02. The molecule has 0 radical (unpaired) electrons. The van der Waals surface area contributed by atoms with E-state index in [-0.39, 0.29) is 5.95 Å². The Morgan fingerprint density at radius 1 is 1.06 bits per heavy atom. The molecule has 0 bridgehead atoms. The van der Waals surface area contributed by atoms with Crippen LogP contribution in [0.15, 0.2) is 30.3 Å². The van der Waals surface area contributed by atoms with Gasteiger partial charge < -0.3 is 11.5 Å². The van der Waals surface area contributed by atoms with Crippen LogP contribution in [0.3, 0.4) is 0 Å². The van der Waals surface area contributed by atoms with Gasteiger partial charge in [0.2, 0.25) is 5.95 Å². The van der Waals surface area contributed by atoms with Crippen molar-refractivity contribution in [3.05, 3.63) is 35.9 Å². The van der Waals surface area contributed by atoms with E-state index in [1.807, 2.05) is 12.1 Å². The van der Waals surface area contributed by atoms with Crippen molar-refractivity contribution in [3.63, 3.8) is 0 Å². The van der Waals surface area contributed by atoms with Crippen LogP contribution < -0.4 is 11.5 Å². The molecule has 2 aromatic rings. The van der Waals surface area contributed by atoms with Gasteiger partial charge in [0.25, 0.3) is 0 Å². The summed E-state index contributed by atoms with van der Waals surface area (Å²) in [6, 6.07) is 10.0. The van der Waals surface area contributed by atoms with Crippen molar-refractivity contribution in [2.45, 2.75) is 19.8 Å². The molecular weight excluding hydrogens is 212 g/mol. The van der Waals surface area contributed by atoms with E-state index >= 15 is 0 Å². The lowest BCUT2D eigenvalue weighted by molar-refractivity contribution is 0.922. The number of nitrogens with two attached hydrogens (primary N) is 2. The topological polar surface area (TPSA) is 77.8 Å². The van der Waals surface area contributed by atoms with Gasteiger partial charge in [0.1, 0.15) is 5.82 Å². The highest BCUT2D eigenvalue weighted by Gasteiger charge is 2.03. The molecule has 17 heavy (non-hydrogen) atoms. The fourth-order valence-corrected chi connectivity index (χ4v) is 1.76. The average Bonchev–Trinajstić information content (AvgIpc) is 2.29. The summed E-state index contributed by atoms with van der Waals surface area (Å²) < 4.78 is 0. The first-order valence-electron chi connectivity index (χ1n) is 5.68. The molecule has 0 saturated heterocycles. The van der Waals surface area contributed by atoms with Crippen LogP contribution in [0.4, 0.5) is 11.8 Å². The molecule has 0 aliphatic carbocycles. The quantitative estimate of drug-likeness (QED) is 0.844. The average molecular weight is 228 g/mol. The Hall–Kier alpha value is -2.10. The molecule has 0 spiro atoms. The minimum absolute atomic E-state index is 0.206. The van der Waals surface area contributed by atoms with Gasteiger partial charge in [0.05, 0.1) is 5.69 Å². The molecule has 0 amide bonds. The zero-order valence-electron chi connectivity index (χ0n) is 9.85. The predicted molar refractivity (Wildman–Crippen MR) is 70.3 cm³/mol. The molecule has 0 fully saturated rings. The molecule has 0 aliphatic heterocycles. The molecular formula is C13H16N4. The highest BCUT2D eigenvalue weighted by molar-refractivity contribution is 5.63. The molecule has 2 rings (SSSR count). The van der Waals surface area contributed by atoms with Gasteiger partial charge in [-0.05, 0) is 12.0 Å². The summed E-state index contributed by atoms with van der Waals surface area (Å²) in [5, 5.41) is 0. The number of hydrogen-bond donors (Lipinski definition) is 2. The summed E-state index contributed by atoms with van der Waals surface area (Å²) in [5.41, 5.74) is 14.3. The van der Waals surface area contributed by atoms with E-state index in [0.717, 1.165) is 24.1 Å². The fourth-order valence-electron chi connectivity index (χ4n) is 1.76. The molecule has 1 aromatic heterocycles. The van der Waals surface area contributed by atoms with Crippen molar-refractivity contribution in [2.75, 3.05) is 11.5 Å². The minimum Gasteiger partial charge on any atom is -0.384 e. The molecule has 88 valence electrons. The van der Waals surface area contributed by atoms with Crippen molar-refractivity contribution in [1.82, 2.24) is 9.97 Å². The zero-order chi connectivity index (χ0) is 12.3. The predicted octanol–water partition coefficient (Wildman–Crippen LogP) is 2.26. The van der Waals surface area contributed by atoms with Gasteiger partial charge in [0.15, 0.2) is 0 Å². The third-order valence-corrected chi connectivity index (χ3v) is 2.55. The van der Waals surface area contributed by atoms with Crippen molar-refractivity contribution in [3.8, 4) is 11.3 Å². The Labute approximate surface area is 101 Å². The Morgan fingerprint density at radius 2 is 1.76 bits per heavy atom. The number of anilines is 2. The number of aromatic nitrogens is 2. The number of aryl methyl sites for hydroxylation is 1. The second-order valence-electron chi connectivity index (χ2n) is 3.98. The fraction of sp³-hybridized carbons (Fsp3) is 0.231. The minimum atomic E-state index is 0.206. The molecule has 0 aliphatic rings. The highest BCUT2D eigenvalue weighted by Crippen LogP contribution is 2.20. The van der Waals surface area contributed by atoms with Gasteiger partial charge in [-0.2, -0.15) is 4.98 Å². The van der Waals surface area contributed by atoms with Gasteiger partial charge in [-0.15, -0.1) is 0 Å². The lowest BCUT2D eigenvalue weighted by atomic mass is 10.1. The maximum Gasteiger partial charge on any atom is 0.222 e. The SMILES string of the molecule is CCCc1ccc(-c2cc(N)nc(N)n2)cc1. The maximum absolute atomic E-state index is 5.64. The van der Waals surface area contributed by atoms with E-state index in [1.165, 1.54) is 5.56 Å². The number of nitrogens with zero attached hydrogens (tertiary/aromatic N) is 2. The summed E-state index contributed by atoms with van der Waals surface area (Å²) in [6.45, 7) is 2.17. The first kappa shape index (κ1) is 11.4. The summed E-state index contributed by atoms with van der Waals surface area (Å²) in [6.07, 6.45) is 2.24. The lowest BCUT2D eigenvalue weighted by Gasteiger charge is -2.04. The van der Waals surface area contributed by atoms with E-state index in [4.69, 9.17) is 11.5 Å². The largest absolute Gasteiger partial charge is 0.384 e. The molecule has 4 nitrogen and oxygen atoms in total. The normalized spacial score (nSPS) is 10.4. The van der Waals surface area contributed by atoms with Gasteiger partial charge in [0, 0.05) is 11.6 Å². The Balaban J connectivity index is 2.32. The first-order valence-corrected chi connectivity index (χ1v) is 5.68. The first-order chi connectivity index (χ1) is 8.19. The van der Waals surface area contributed by atoms with Crippen LogP contribution in [-0.4, -0.2) is 9.97 Å². The smallest absolute Gasteiger partial charge is 0.222 e. The zero-order valence-corrected chi connectivity index (χ0v) is 9.85. The Kier molecular flexibility index (Phi) is 3.23. The monoisotopic (exact) mass is 228 g/mol. The number of nitrogen functional groups attached to an aromatic ring is 2. The summed E-state index contributed by atoms with van der Waals surface area (Å²) in [7, 11) is 0. The van der Waals surface area contributed by atoms with Crippen molar-refractivity contribution < 1.29 is 0 Å². The van der Waals surface area contributed by atoms with E-state index < -0.39 is 0 Å². The molecule has 4 heteroatoms. The van der Waals surface area contributed by atoms with E-state index in [9.17, 15) is 0 Å². The second-order valence-corrected chi connectivity index (χ2v) is 3.98. The maximum atomic E-state index is 5.64. The molecule has 0 unspecified atom stereocenters. The van der Waals surface area contributed by atoms with Gasteiger partial charge in [-0.3, -0.25) is 0 Å². The van der Waals surface area contributed by atoms with Gasteiger partial charge in [-0.25, -0.2) is 4.98 Å². The van der Waals surface area contributed by atoms with Crippen molar-refractivity contribution in [2.24, 2.45) is 0 Å². The number of hydrogen-bond acceptors (Lipinski definition) is 4. The van der Waals surface area contributed by atoms with Gasteiger partial charge in [-0.1, -0.05) is 37.6 Å². The molecule has 1 aromatic carbocycles. The summed E-state index contributed by atoms with van der Waals surface area (Å²) >= 11 is 0. The number of rotatable bonds is 3. The molecule has 0 atom stereocenters. The highest BCUT2D eigenvalue weighted by atomic mass is 15.0. The Morgan fingerprint density at radius 3 is 2.35 bits per heavy atom. The summed E-state index contributed by atoms with van der Waals surface area (Å²) in [5.74, 6) is 0.600. The van der Waals surface area contributed by atoms with Crippen molar-refractivity contribution in [1.29, 1.82) is 0 Å². The van der Waals surface area contributed by atoms with Crippen LogP contribution in [0.5, 0.6) is 0 Å². The van der Waals surface area contributed by atoms with Crippen LogP contribution in [0.25, 0.3) is 11.3 Å². The lowest BCUT2D eigenvalue weighted by Crippen LogP contribution is -2.00.